The third-order valence-electron chi connectivity index (χ3n) is 3.63. The molecular weight excluding hydrogens is 194 g/mol. The number of rotatable bonds is 2. The van der Waals surface area contributed by atoms with Crippen LogP contribution in [-0.4, -0.2) is 26.3 Å². The van der Waals surface area contributed by atoms with Crippen LogP contribution < -0.4 is 5.32 Å². The monoisotopic (exact) mass is 207 g/mol. The van der Waals surface area contributed by atoms with Crippen molar-refractivity contribution >= 4 is 6.09 Å². The van der Waals surface area contributed by atoms with E-state index in [2.05, 4.69) is 14.9 Å². The first-order valence-electron chi connectivity index (χ1n) is 5.06. The molecule has 15 heavy (non-hydrogen) atoms. The highest BCUT2D eigenvalue weighted by molar-refractivity contribution is 5.67. The summed E-state index contributed by atoms with van der Waals surface area (Å²) in [5, 5.41) is 11.3. The molecule has 3 aliphatic rings. The summed E-state index contributed by atoms with van der Waals surface area (Å²) in [6.07, 6.45) is 5.68. The number of carbonyl (C=O) groups is 1. The van der Waals surface area contributed by atoms with Crippen LogP contribution in [-0.2, 0) is 5.54 Å². The summed E-state index contributed by atoms with van der Waals surface area (Å²) in [6, 6.07) is 0. The minimum atomic E-state index is -0.912. The number of nitrogens with one attached hydrogen (secondary N) is 1. The smallest absolute Gasteiger partial charge is 0.405 e. The standard InChI is InChI=1S/C10H13N3O2/c1-7-2-13(6-11-7)10-3-9(4-10,5-10)12-8(14)15/h2,6,12H,3-5H2,1H3,(H,14,15). The van der Waals surface area contributed by atoms with Crippen molar-refractivity contribution in [2.45, 2.75) is 37.3 Å². The van der Waals surface area contributed by atoms with Crippen LogP contribution in [0.3, 0.4) is 0 Å². The fourth-order valence-corrected chi connectivity index (χ4v) is 3.05. The van der Waals surface area contributed by atoms with Gasteiger partial charge in [-0.15, -0.1) is 0 Å². The lowest BCUT2D eigenvalue weighted by atomic mass is 9.44. The molecular formula is C10H13N3O2. The van der Waals surface area contributed by atoms with Crippen LogP contribution in [0.4, 0.5) is 4.79 Å². The van der Waals surface area contributed by atoms with E-state index in [1.165, 1.54) is 0 Å². The molecule has 0 aromatic carbocycles. The van der Waals surface area contributed by atoms with Gasteiger partial charge in [-0.25, -0.2) is 9.78 Å². The minimum Gasteiger partial charge on any atom is -0.465 e. The van der Waals surface area contributed by atoms with Gasteiger partial charge in [0.15, 0.2) is 0 Å². The Bertz CT molecular complexity index is 418. The SMILES string of the molecule is Cc1cn(C23CC(NC(=O)O)(C2)C3)cn1. The Morgan fingerprint density at radius 2 is 2.27 bits per heavy atom. The zero-order valence-electron chi connectivity index (χ0n) is 8.53. The summed E-state index contributed by atoms with van der Waals surface area (Å²) in [5.74, 6) is 0. The molecule has 0 atom stereocenters. The molecule has 0 radical (unpaired) electrons. The number of imidazole rings is 1. The van der Waals surface area contributed by atoms with Gasteiger partial charge in [0.05, 0.1) is 23.1 Å². The van der Waals surface area contributed by atoms with E-state index in [0.717, 1.165) is 25.0 Å². The normalized spacial score (nSPS) is 36.6. The number of nitrogens with zero attached hydrogens (tertiary/aromatic N) is 2. The molecule has 0 unspecified atom stereocenters. The maximum atomic E-state index is 10.5. The summed E-state index contributed by atoms with van der Waals surface area (Å²) in [7, 11) is 0. The Hall–Kier alpha value is -1.52. The average Bonchev–Trinajstić information content (AvgIpc) is 2.40. The van der Waals surface area contributed by atoms with E-state index < -0.39 is 6.09 Å². The fraction of sp³-hybridized carbons (Fsp3) is 0.600. The molecule has 3 saturated carbocycles. The van der Waals surface area contributed by atoms with Gasteiger partial charge in [-0.1, -0.05) is 0 Å². The summed E-state index contributed by atoms with van der Waals surface area (Å²) < 4.78 is 2.13. The zero-order valence-corrected chi connectivity index (χ0v) is 8.53. The Kier molecular flexibility index (Phi) is 1.37. The first kappa shape index (κ1) is 8.76. The van der Waals surface area contributed by atoms with Gasteiger partial charge in [0.2, 0.25) is 0 Å². The first-order valence-corrected chi connectivity index (χ1v) is 5.06. The molecule has 4 rings (SSSR count). The van der Waals surface area contributed by atoms with Crippen molar-refractivity contribution in [2.75, 3.05) is 0 Å². The van der Waals surface area contributed by atoms with Crippen LogP contribution in [0, 0.1) is 6.92 Å². The van der Waals surface area contributed by atoms with Gasteiger partial charge in [0.1, 0.15) is 0 Å². The fourth-order valence-electron chi connectivity index (χ4n) is 3.05. The predicted octanol–water partition coefficient (Wildman–Crippen LogP) is 1.09. The molecule has 80 valence electrons. The highest BCUT2D eigenvalue weighted by atomic mass is 16.4. The zero-order chi connectivity index (χ0) is 10.7. The van der Waals surface area contributed by atoms with Crippen molar-refractivity contribution in [1.29, 1.82) is 0 Å². The summed E-state index contributed by atoms with van der Waals surface area (Å²) >= 11 is 0. The van der Waals surface area contributed by atoms with E-state index in [1.807, 2.05) is 19.4 Å². The van der Waals surface area contributed by atoms with E-state index in [4.69, 9.17) is 5.11 Å². The molecule has 3 fully saturated rings. The van der Waals surface area contributed by atoms with Gasteiger partial charge in [-0.2, -0.15) is 0 Å². The highest BCUT2D eigenvalue weighted by Gasteiger charge is 2.69. The second-order valence-corrected chi connectivity index (χ2v) is 4.89. The molecule has 0 spiro atoms. The molecule has 1 amide bonds. The lowest BCUT2D eigenvalue weighted by molar-refractivity contribution is -0.133. The van der Waals surface area contributed by atoms with E-state index in [0.29, 0.717) is 0 Å². The predicted molar refractivity (Wildman–Crippen MR) is 52.7 cm³/mol. The van der Waals surface area contributed by atoms with Gasteiger partial charge in [0, 0.05) is 6.20 Å². The van der Waals surface area contributed by atoms with Gasteiger partial charge < -0.3 is 15.0 Å². The number of aryl methyl sites for hydroxylation is 1. The maximum absolute atomic E-state index is 10.5. The van der Waals surface area contributed by atoms with Crippen molar-refractivity contribution in [1.82, 2.24) is 14.9 Å². The largest absolute Gasteiger partial charge is 0.465 e. The average molecular weight is 207 g/mol. The van der Waals surface area contributed by atoms with E-state index in [1.54, 1.807) is 0 Å². The van der Waals surface area contributed by atoms with Crippen LogP contribution in [0.1, 0.15) is 25.0 Å². The van der Waals surface area contributed by atoms with Crippen molar-refractivity contribution < 1.29 is 9.90 Å². The lowest BCUT2D eigenvalue weighted by Gasteiger charge is -2.70. The highest BCUT2D eigenvalue weighted by Crippen LogP contribution is 2.65. The summed E-state index contributed by atoms with van der Waals surface area (Å²) in [5.41, 5.74) is 1.04. The molecule has 2 bridgehead atoms. The van der Waals surface area contributed by atoms with Crippen LogP contribution in [0.5, 0.6) is 0 Å². The van der Waals surface area contributed by atoms with E-state index in [-0.39, 0.29) is 11.1 Å². The molecule has 5 nitrogen and oxygen atoms in total. The first-order chi connectivity index (χ1) is 7.04. The molecule has 0 aliphatic heterocycles. The molecule has 3 aliphatic carbocycles. The second-order valence-electron chi connectivity index (χ2n) is 4.89. The summed E-state index contributed by atoms with van der Waals surface area (Å²) in [6.45, 7) is 1.97. The summed E-state index contributed by atoms with van der Waals surface area (Å²) in [4.78, 5) is 14.7. The molecule has 1 heterocycles. The number of carboxylic acid groups (broad SMARTS) is 1. The topological polar surface area (TPSA) is 67.2 Å². The van der Waals surface area contributed by atoms with Gasteiger partial charge in [-0.3, -0.25) is 0 Å². The van der Waals surface area contributed by atoms with Crippen LogP contribution in [0.15, 0.2) is 12.5 Å². The molecule has 2 N–H and O–H groups in total. The molecule has 1 aromatic rings. The van der Waals surface area contributed by atoms with E-state index >= 15 is 0 Å². The number of amides is 1. The van der Waals surface area contributed by atoms with Crippen LogP contribution >= 0.6 is 0 Å². The van der Waals surface area contributed by atoms with Gasteiger partial charge >= 0.3 is 6.09 Å². The van der Waals surface area contributed by atoms with Gasteiger partial charge in [-0.05, 0) is 26.2 Å². The second kappa shape index (κ2) is 2.35. The van der Waals surface area contributed by atoms with Crippen molar-refractivity contribution in [3.63, 3.8) is 0 Å². The van der Waals surface area contributed by atoms with Crippen molar-refractivity contribution in [3.05, 3.63) is 18.2 Å². The van der Waals surface area contributed by atoms with E-state index in [9.17, 15) is 4.79 Å². The Morgan fingerprint density at radius 1 is 1.60 bits per heavy atom. The lowest BCUT2D eigenvalue weighted by Crippen LogP contribution is -2.78. The van der Waals surface area contributed by atoms with Crippen LogP contribution in [0.2, 0.25) is 0 Å². The Balaban J connectivity index is 1.73. The minimum absolute atomic E-state index is 0.135. The number of aromatic nitrogens is 2. The number of hydrogen-bond acceptors (Lipinski definition) is 2. The van der Waals surface area contributed by atoms with Crippen molar-refractivity contribution in [2.24, 2.45) is 0 Å². The van der Waals surface area contributed by atoms with Crippen molar-refractivity contribution in [3.8, 4) is 0 Å². The third kappa shape index (κ3) is 1.03. The van der Waals surface area contributed by atoms with Gasteiger partial charge in [0.25, 0.3) is 0 Å². The maximum Gasteiger partial charge on any atom is 0.405 e. The van der Waals surface area contributed by atoms with Crippen LogP contribution in [0.25, 0.3) is 0 Å². The number of hydrogen-bond donors (Lipinski definition) is 2. The molecule has 0 saturated heterocycles. The molecule has 5 heteroatoms. The Morgan fingerprint density at radius 3 is 2.73 bits per heavy atom. The quantitative estimate of drug-likeness (QED) is 0.762. The third-order valence-corrected chi connectivity index (χ3v) is 3.63. The molecule has 1 aromatic heterocycles. The Labute approximate surface area is 87.1 Å².